The zero-order valence-corrected chi connectivity index (χ0v) is 15.5. The van der Waals surface area contributed by atoms with Gasteiger partial charge in [-0.25, -0.2) is 4.98 Å². The Labute approximate surface area is 164 Å². The van der Waals surface area contributed by atoms with E-state index in [-0.39, 0.29) is 23.6 Å². The van der Waals surface area contributed by atoms with E-state index in [1.165, 1.54) is 18.2 Å². The number of thioether (sulfide) groups is 1. The summed E-state index contributed by atoms with van der Waals surface area (Å²) in [7, 11) is 0. The first-order valence-electron chi connectivity index (χ1n) is 8.25. The fraction of sp³-hybridized carbons (Fsp3) is 0.222. The van der Waals surface area contributed by atoms with Gasteiger partial charge in [0.1, 0.15) is 28.5 Å². The van der Waals surface area contributed by atoms with E-state index in [0.717, 1.165) is 5.69 Å². The van der Waals surface area contributed by atoms with Crippen molar-refractivity contribution in [3.63, 3.8) is 0 Å². The Morgan fingerprint density at radius 1 is 1.18 bits per heavy atom. The number of rotatable bonds is 7. The van der Waals surface area contributed by atoms with E-state index in [1.54, 1.807) is 18.3 Å². The smallest absolute Gasteiger partial charge is 0.213 e. The molecule has 0 aromatic carbocycles. The molecule has 0 atom stereocenters. The molecule has 140 valence electrons. The monoisotopic (exact) mass is 393 g/mol. The van der Waals surface area contributed by atoms with Crippen LogP contribution in [0.4, 0.5) is 5.82 Å². The van der Waals surface area contributed by atoms with E-state index in [1.807, 2.05) is 6.07 Å². The first kappa shape index (κ1) is 19.3. The van der Waals surface area contributed by atoms with Crippen molar-refractivity contribution in [1.82, 2.24) is 20.1 Å². The fourth-order valence-electron chi connectivity index (χ4n) is 2.56. The lowest BCUT2D eigenvalue weighted by molar-refractivity contribution is 0.288. The summed E-state index contributed by atoms with van der Waals surface area (Å²) in [6.07, 6.45) is 4.06. The van der Waals surface area contributed by atoms with Crippen LogP contribution >= 0.6 is 11.8 Å². The van der Waals surface area contributed by atoms with E-state index in [4.69, 9.17) is 15.4 Å². The quantitative estimate of drug-likeness (QED) is 0.569. The van der Waals surface area contributed by atoms with E-state index >= 15 is 0 Å². The molecule has 0 amide bonds. The van der Waals surface area contributed by atoms with Crippen LogP contribution < -0.4 is 5.73 Å². The number of nitrogens with two attached hydrogens (primary N) is 1. The highest BCUT2D eigenvalue weighted by atomic mass is 32.2. The Hall–Kier alpha value is -3.47. The molecule has 3 heterocycles. The summed E-state index contributed by atoms with van der Waals surface area (Å²) >= 11 is 1.23. The molecule has 3 N–H and O–H groups in total. The largest absolute Gasteiger partial charge is 0.396 e. The molecule has 0 saturated heterocycles. The highest BCUT2D eigenvalue weighted by Gasteiger charge is 2.21. The number of hydrogen-bond donors (Lipinski definition) is 2. The zero-order valence-electron chi connectivity index (χ0n) is 14.7. The Morgan fingerprint density at radius 3 is 2.61 bits per heavy atom. The molecule has 28 heavy (non-hydrogen) atoms. The third kappa shape index (κ3) is 4.09. The highest BCUT2D eigenvalue weighted by molar-refractivity contribution is 7.98. The molecule has 0 spiro atoms. The van der Waals surface area contributed by atoms with Crippen molar-refractivity contribution in [3.8, 4) is 23.3 Å². The first-order chi connectivity index (χ1) is 13.7. The molecule has 3 aromatic rings. The van der Waals surface area contributed by atoms with Gasteiger partial charge in [0, 0.05) is 29.6 Å². The number of nitriles is 2. The molecular formula is C18H15N7O2S. The molecule has 0 aliphatic carbocycles. The number of aliphatic hydroxyl groups is 1. The van der Waals surface area contributed by atoms with Crippen molar-refractivity contribution < 1.29 is 9.63 Å². The van der Waals surface area contributed by atoms with Gasteiger partial charge < -0.3 is 15.4 Å². The summed E-state index contributed by atoms with van der Waals surface area (Å²) in [4.78, 5) is 12.5. The molecule has 0 fully saturated rings. The number of aromatic nitrogens is 4. The van der Waals surface area contributed by atoms with Crippen molar-refractivity contribution in [2.45, 2.75) is 23.6 Å². The number of aliphatic hydroxyl groups excluding tert-OH is 1. The summed E-state index contributed by atoms with van der Waals surface area (Å²) < 4.78 is 4.70. The molecule has 10 heteroatoms. The summed E-state index contributed by atoms with van der Waals surface area (Å²) in [6.45, 7) is 0.0858. The van der Waals surface area contributed by atoms with Gasteiger partial charge in [0.15, 0.2) is 5.82 Å². The van der Waals surface area contributed by atoms with Crippen molar-refractivity contribution in [2.75, 3.05) is 12.3 Å². The van der Waals surface area contributed by atoms with Crippen LogP contribution in [-0.2, 0) is 12.2 Å². The number of anilines is 1. The Kier molecular flexibility index (Phi) is 6.17. The molecule has 3 aromatic heterocycles. The number of hydrogen-bond acceptors (Lipinski definition) is 10. The first-order valence-corrected chi connectivity index (χ1v) is 9.24. The van der Waals surface area contributed by atoms with Gasteiger partial charge in [0.05, 0.1) is 11.3 Å². The average molecular weight is 393 g/mol. The fourth-order valence-corrected chi connectivity index (χ4v) is 3.41. The molecule has 0 aliphatic rings. The van der Waals surface area contributed by atoms with Gasteiger partial charge in [0.25, 0.3) is 0 Å². The number of aryl methyl sites for hydroxylation is 1. The Balaban J connectivity index is 2.03. The summed E-state index contributed by atoms with van der Waals surface area (Å²) in [5.41, 5.74) is 8.15. The van der Waals surface area contributed by atoms with Crippen LogP contribution in [0, 0.1) is 22.7 Å². The third-order valence-electron chi connectivity index (χ3n) is 3.86. The van der Waals surface area contributed by atoms with Crippen LogP contribution in [0.25, 0.3) is 11.1 Å². The second-order valence-electron chi connectivity index (χ2n) is 5.65. The molecule has 0 bridgehead atoms. The molecule has 0 aliphatic heterocycles. The molecule has 0 unspecified atom stereocenters. The lowest BCUT2D eigenvalue weighted by atomic mass is 9.98. The highest BCUT2D eigenvalue weighted by Crippen LogP contribution is 2.36. The molecule has 0 radical (unpaired) electrons. The number of nitrogens with zero attached hydrogens (tertiary/aromatic N) is 6. The molecule has 0 saturated carbocycles. The lowest BCUT2D eigenvalue weighted by Crippen LogP contribution is -2.04. The van der Waals surface area contributed by atoms with Gasteiger partial charge >= 0.3 is 0 Å². The summed E-state index contributed by atoms with van der Waals surface area (Å²) in [5.74, 6) is 0.827. The SMILES string of the molecule is N#Cc1c(N)nc(SCc2ncon2)c(C#N)c1-c1ccc(CCCO)nc1. The van der Waals surface area contributed by atoms with Crippen LogP contribution in [0.3, 0.4) is 0 Å². The standard InChI is InChI=1S/C18H15N7O2S/c19-6-13-16(11-3-4-12(22-8-11)2-1-5-26)14(7-20)18(24-17(13)21)28-9-15-23-10-27-25-15/h3-4,8,10,26H,1-2,5,9H2,(H2,21,24). The van der Waals surface area contributed by atoms with Crippen LogP contribution in [0.5, 0.6) is 0 Å². The van der Waals surface area contributed by atoms with E-state index in [2.05, 4.69) is 26.2 Å². The van der Waals surface area contributed by atoms with Gasteiger partial charge in [-0.1, -0.05) is 23.0 Å². The van der Waals surface area contributed by atoms with Crippen molar-refractivity contribution >= 4 is 17.6 Å². The Bertz CT molecular complexity index is 1040. The number of nitrogen functional groups attached to an aromatic ring is 1. The predicted molar refractivity (Wildman–Crippen MR) is 101 cm³/mol. The molecule has 9 nitrogen and oxygen atoms in total. The van der Waals surface area contributed by atoms with Gasteiger partial charge in [-0.05, 0) is 18.9 Å². The van der Waals surface area contributed by atoms with Crippen LogP contribution in [-0.4, -0.2) is 31.8 Å². The summed E-state index contributed by atoms with van der Waals surface area (Å²) in [5, 5.41) is 32.3. The summed E-state index contributed by atoms with van der Waals surface area (Å²) in [6, 6.07) is 7.75. The van der Waals surface area contributed by atoms with E-state index in [0.29, 0.717) is 40.6 Å². The van der Waals surface area contributed by atoms with Crippen LogP contribution in [0.15, 0.2) is 34.3 Å². The van der Waals surface area contributed by atoms with Gasteiger partial charge in [-0.3, -0.25) is 4.98 Å². The van der Waals surface area contributed by atoms with Gasteiger partial charge in [-0.15, -0.1) is 0 Å². The average Bonchev–Trinajstić information content (AvgIpc) is 3.24. The minimum atomic E-state index is 0.0384. The maximum Gasteiger partial charge on any atom is 0.213 e. The van der Waals surface area contributed by atoms with E-state index < -0.39 is 0 Å². The number of pyridine rings is 2. The van der Waals surface area contributed by atoms with Gasteiger partial charge in [0.2, 0.25) is 6.39 Å². The lowest BCUT2D eigenvalue weighted by Gasteiger charge is -2.12. The van der Waals surface area contributed by atoms with Crippen molar-refractivity contribution in [1.29, 1.82) is 10.5 Å². The second kappa shape index (κ2) is 8.95. The van der Waals surface area contributed by atoms with Gasteiger partial charge in [-0.2, -0.15) is 15.5 Å². The molecular weight excluding hydrogens is 378 g/mol. The van der Waals surface area contributed by atoms with E-state index in [9.17, 15) is 10.5 Å². The minimum Gasteiger partial charge on any atom is -0.396 e. The van der Waals surface area contributed by atoms with Crippen LogP contribution in [0.2, 0.25) is 0 Å². The minimum absolute atomic E-state index is 0.0384. The van der Waals surface area contributed by atoms with Crippen molar-refractivity contribution in [3.05, 3.63) is 47.4 Å². The zero-order chi connectivity index (χ0) is 19.9. The third-order valence-corrected chi connectivity index (χ3v) is 4.84. The van der Waals surface area contributed by atoms with Crippen LogP contribution in [0.1, 0.15) is 29.1 Å². The Morgan fingerprint density at radius 2 is 2.00 bits per heavy atom. The second-order valence-corrected chi connectivity index (χ2v) is 6.62. The van der Waals surface area contributed by atoms with Crippen molar-refractivity contribution in [2.24, 2.45) is 0 Å². The maximum absolute atomic E-state index is 9.75. The molecule has 3 rings (SSSR count). The topological polar surface area (TPSA) is 159 Å². The maximum atomic E-state index is 9.75. The predicted octanol–water partition coefficient (Wildman–Crippen LogP) is 2.07. The normalized spacial score (nSPS) is 10.4.